The minimum atomic E-state index is -2.12. The van der Waals surface area contributed by atoms with Crippen LogP contribution in [0.2, 0.25) is 0 Å². The van der Waals surface area contributed by atoms with Crippen molar-refractivity contribution < 1.29 is 4.11 Å². The van der Waals surface area contributed by atoms with E-state index in [1.807, 2.05) is 0 Å². The summed E-state index contributed by atoms with van der Waals surface area (Å²) in [6, 6.07) is 6.98. The van der Waals surface area contributed by atoms with E-state index in [-0.39, 0.29) is 0 Å². The molecule has 0 radical (unpaired) electrons. The first-order valence-electron chi connectivity index (χ1n) is 4.01. The molecule has 0 bridgehead atoms. The van der Waals surface area contributed by atoms with Crippen LogP contribution >= 0.6 is 15.9 Å². The highest BCUT2D eigenvalue weighted by Crippen LogP contribution is 2.12. The second kappa shape index (κ2) is 2.87. The number of halogens is 1. The Kier molecular flexibility index (Phi) is 1.15. The lowest BCUT2D eigenvalue weighted by atomic mass is 10.3. The molecule has 0 aliphatic carbocycles. The van der Waals surface area contributed by atoms with Gasteiger partial charge in [-0.15, -0.1) is 0 Å². The molecule has 0 saturated heterocycles. The number of nitrogens with one attached hydrogen (secondary N) is 1. The minimum absolute atomic E-state index is 0.596. The molecule has 0 fully saturated rings. The summed E-state index contributed by atoms with van der Waals surface area (Å²) in [6.45, 7) is -2.12. The lowest BCUT2D eigenvalue weighted by Crippen LogP contribution is -1.85. The van der Waals surface area contributed by atoms with Crippen molar-refractivity contribution in [1.29, 1.82) is 0 Å². The summed E-state index contributed by atoms with van der Waals surface area (Å²) in [5.41, 5.74) is 0.596. The van der Waals surface area contributed by atoms with Crippen LogP contribution in [0.4, 0.5) is 5.69 Å². The molecule has 1 aromatic rings. The van der Waals surface area contributed by atoms with Crippen molar-refractivity contribution >= 4 is 21.6 Å². The molecule has 1 nitrogen and oxygen atoms in total. The average molecular weight is 189 g/mol. The molecule has 2 heteroatoms. The zero-order valence-electron chi connectivity index (χ0n) is 7.69. The number of hydrogen-bond donors (Lipinski definition) is 1. The van der Waals surface area contributed by atoms with E-state index in [4.69, 9.17) is 4.11 Å². The Morgan fingerprint density at radius 3 is 2.67 bits per heavy atom. The van der Waals surface area contributed by atoms with Crippen LogP contribution in [0.25, 0.3) is 0 Å². The van der Waals surface area contributed by atoms with E-state index in [9.17, 15) is 0 Å². The van der Waals surface area contributed by atoms with Crippen molar-refractivity contribution in [2.45, 2.75) is 0 Å². The Morgan fingerprint density at radius 2 is 2.11 bits per heavy atom. The largest absolute Gasteiger partial charge is 0.388 e. The molecule has 0 aromatic heterocycles. The third-order valence-corrected chi connectivity index (χ3v) is 1.52. The SMILES string of the molecule is [2H]C([2H])([2H])Nc1ccc(Br)cc1. The van der Waals surface area contributed by atoms with Crippen LogP contribution in [0.15, 0.2) is 28.7 Å². The maximum atomic E-state index is 6.93. The van der Waals surface area contributed by atoms with Gasteiger partial charge >= 0.3 is 0 Å². The standard InChI is InChI=1S/C7H8BrN/c1-9-7-4-2-6(8)3-5-7/h2-5,9H,1H3/i1D3. The Hall–Kier alpha value is -0.500. The van der Waals surface area contributed by atoms with Crippen molar-refractivity contribution in [3.05, 3.63) is 28.7 Å². The fourth-order valence-corrected chi connectivity index (χ4v) is 0.798. The molecular formula is C7H8BrN. The minimum Gasteiger partial charge on any atom is -0.388 e. The molecule has 0 heterocycles. The van der Waals surface area contributed by atoms with Crippen molar-refractivity contribution in [3.63, 3.8) is 0 Å². The molecule has 0 aliphatic rings. The molecule has 0 aliphatic heterocycles. The predicted molar refractivity (Wildman–Crippen MR) is 43.7 cm³/mol. The van der Waals surface area contributed by atoms with Gasteiger partial charge in [0.1, 0.15) is 0 Å². The van der Waals surface area contributed by atoms with Gasteiger partial charge in [0.05, 0.1) is 0 Å². The summed E-state index contributed by atoms with van der Waals surface area (Å²) in [6.07, 6.45) is 0. The summed E-state index contributed by atoms with van der Waals surface area (Å²) in [7, 11) is 0. The highest BCUT2D eigenvalue weighted by Gasteiger charge is 1.85. The monoisotopic (exact) mass is 188 g/mol. The van der Waals surface area contributed by atoms with Crippen LogP contribution in [0, 0.1) is 0 Å². The van der Waals surface area contributed by atoms with Gasteiger partial charge in [0.2, 0.25) is 0 Å². The summed E-state index contributed by atoms with van der Waals surface area (Å²) >= 11 is 3.26. The zero-order valence-corrected chi connectivity index (χ0v) is 6.27. The predicted octanol–water partition coefficient (Wildman–Crippen LogP) is 2.49. The average Bonchev–Trinajstić information content (AvgIpc) is 1.91. The lowest BCUT2D eigenvalue weighted by molar-refractivity contribution is 1.50. The summed E-state index contributed by atoms with van der Waals surface area (Å²) < 4.78 is 21.7. The number of rotatable bonds is 1. The van der Waals surface area contributed by atoms with Crippen molar-refractivity contribution in [2.24, 2.45) is 0 Å². The molecule has 0 spiro atoms. The van der Waals surface area contributed by atoms with Gasteiger partial charge in [-0.3, -0.25) is 0 Å². The third kappa shape index (κ3) is 1.72. The second-order valence-electron chi connectivity index (χ2n) is 1.63. The normalized spacial score (nSPS) is 15.4. The van der Waals surface area contributed by atoms with Crippen LogP contribution < -0.4 is 5.32 Å². The van der Waals surface area contributed by atoms with Crippen molar-refractivity contribution in [2.75, 3.05) is 12.3 Å². The molecule has 0 atom stereocenters. The van der Waals surface area contributed by atoms with Crippen molar-refractivity contribution in [3.8, 4) is 0 Å². The topological polar surface area (TPSA) is 12.0 Å². The van der Waals surface area contributed by atoms with E-state index >= 15 is 0 Å². The molecule has 0 saturated carbocycles. The first-order chi connectivity index (χ1) is 5.47. The van der Waals surface area contributed by atoms with Crippen LogP contribution in [-0.4, -0.2) is 6.98 Å². The molecular weight excluding hydrogens is 178 g/mol. The first kappa shape index (κ1) is 3.62. The second-order valence-corrected chi connectivity index (χ2v) is 2.55. The fourth-order valence-electron chi connectivity index (χ4n) is 0.533. The molecule has 0 unspecified atom stereocenters. The first-order valence-corrected chi connectivity index (χ1v) is 3.30. The van der Waals surface area contributed by atoms with Crippen molar-refractivity contribution in [1.82, 2.24) is 0 Å². The van der Waals surface area contributed by atoms with Gasteiger partial charge in [-0.25, -0.2) is 0 Å². The number of benzene rings is 1. The van der Waals surface area contributed by atoms with Gasteiger partial charge < -0.3 is 5.32 Å². The summed E-state index contributed by atoms with van der Waals surface area (Å²) in [5, 5.41) is 2.39. The van der Waals surface area contributed by atoms with Crippen LogP contribution in [0.5, 0.6) is 0 Å². The molecule has 9 heavy (non-hydrogen) atoms. The van der Waals surface area contributed by atoms with E-state index < -0.39 is 6.98 Å². The van der Waals surface area contributed by atoms with Gasteiger partial charge in [0, 0.05) is 21.2 Å². The summed E-state index contributed by atoms with van der Waals surface area (Å²) in [5.74, 6) is 0. The van der Waals surface area contributed by atoms with E-state index in [2.05, 4.69) is 21.2 Å². The molecule has 1 N–H and O–H groups in total. The zero-order chi connectivity index (χ0) is 9.19. The lowest BCUT2D eigenvalue weighted by Gasteiger charge is -1.96. The van der Waals surface area contributed by atoms with Gasteiger partial charge in [0.25, 0.3) is 0 Å². The quantitative estimate of drug-likeness (QED) is 0.715. The van der Waals surface area contributed by atoms with Gasteiger partial charge in [-0.2, -0.15) is 0 Å². The Morgan fingerprint density at radius 1 is 1.44 bits per heavy atom. The summed E-state index contributed by atoms with van der Waals surface area (Å²) in [4.78, 5) is 0. The third-order valence-electron chi connectivity index (χ3n) is 0.989. The Labute approximate surface area is 67.4 Å². The fraction of sp³-hybridized carbons (Fsp3) is 0.143. The molecule has 1 rings (SSSR count). The molecule has 1 aromatic carbocycles. The Bertz CT molecular complexity index is 254. The highest BCUT2D eigenvalue weighted by molar-refractivity contribution is 9.10. The van der Waals surface area contributed by atoms with E-state index in [1.165, 1.54) is 0 Å². The van der Waals surface area contributed by atoms with E-state index in [0.717, 1.165) is 4.47 Å². The van der Waals surface area contributed by atoms with Crippen LogP contribution in [-0.2, 0) is 0 Å². The smallest absolute Gasteiger partial charge is 0.0453 e. The molecule has 48 valence electrons. The van der Waals surface area contributed by atoms with Gasteiger partial charge in [-0.1, -0.05) is 15.9 Å². The van der Waals surface area contributed by atoms with Crippen LogP contribution in [0.3, 0.4) is 0 Å². The highest BCUT2D eigenvalue weighted by atomic mass is 79.9. The van der Waals surface area contributed by atoms with E-state index in [0.29, 0.717) is 5.69 Å². The van der Waals surface area contributed by atoms with E-state index in [1.54, 1.807) is 24.3 Å². The number of anilines is 1. The van der Waals surface area contributed by atoms with Gasteiger partial charge in [-0.05, 0) is 24.3 Å². The Balaban J connectivity index is 2.71. The molecule has 0 amide bonds. The maximum absolute atomic E-state index is 6.93. The maximum Gasteiger partial charge on any atom is 0.0453 e. The number of hydrogen-bond acceptors (Lipinski definition) is 1. The van der Waals surface area contributed by atoms with Crippen LogP contribution in [0.1, 0.15) is 4.11 Å². The van der Waals surface area contributed by atoms with Gasteiger partial charge in [0.15, 0.2) is 0 Å².